The van der Waals surface area contributed by atoms with Crippen LogP contribution < -0.4 is 28.4 Å². The van der Waals surface area contributed by atoms with Crippen LogP contribution in [-0.2, 0) is 19.1 Å². The number of esters is 4. The molecule has 4 aromatic carbocycles. The van der Waals surface area contributed by atoms with Gasteiger partial charge in [-0.1, -0.05) is 13.2 Å². The molecule has 314 valence electrons. The highest BCUT2D eigenvalue weighted by Gasteiger charge is 2.16. The Morgan fingerprint density at radius 2 is 0.850 bits per heavy atom. The molecule has 0 N–H and O–H groups in total. The van der Waals surface area contributed by atoms with Gasteiger partial charge in [0.15, 0.2) is 23.0 Å². The molecule has 0 aliphatic carbocycles. The lowest BCUT2D eigenvalue weighted by atomic mass is 10.1. The summed E-state index contributed by atoms with van der Waals surface area (Å²) in [5.41, 5.74) is 3.16. The van der Waals surface area contributed by atoms with Gasteiger partial charge in [0.1, 0.15) is 11.5 Å². The molecule has 0 unspecified atom stereocenters. The van der Waals surface area contributed by atoms with Crippen molar-refractivity contribution in [1.82, 2.24) is 0 Å². The van der Waals surface area contributed by atoms with Crippen LogP contribution in [0.15, 0.2) is 120 Å². The zero-order chi connectivity index (χ0) is 43.3. The zero-order valence-electron chi connectivity index (χ0n) is 34.1. The normalized spacial score (nSPS) is 11.1. The van der Waals surface area contributed by atoms with Gasteiger partial charge in [0.25, 0.3) is 0 Å². The number of rotatable bonds is 23. The van der Waals surface area contributed by atoms with Crippen molar-refractivity contribution < 1.29 is 57.1 Å². The van der Waals surface area contributed by atoms with Crippen molar-refractivity contribution in [2.24, 2.45) is 10.2 Å². The summed E-state index contributed by atoms with van der Waals surface area (Å²) in [5, 5.41) is 8.80. The van der Waals surface area contributed by atoms with Crippen molar-refractivity contribution >= 4 is 35.3 Å². The lowest BCUT2D eigenvalue weighted by molar-refractivity contribution is -0.138. The van der Waals surface area contributed by atoms with Crippen LogP contribution in [0.3, 0.4) is 0 Å². The molecule has 0 amide bonds. The summed E-state index contributed by atoms with van der Waals surface area (Å²) in [4.78, 5) is 48.1. The van der Waals surface area contributed by atoms with Gasteiger partial charge in [0.2, 0.25) is 0 Å². The second kappa shape index (κ2) is 23.9. The van der Waals surface area contributed by atoms with Gasteiger partial charge in [0, 0.05) is 23.3 Å². The van der Waals surface area contributed by atoms with E-state index in [9.17, 15) is 19.2 Å². The SMILES string of the molecule is C=CC(=O)OCCCCOc1ccc(C(=O)Oc2ccc(/C(C)=N/N=C(\C)c3ccc(OC(=O)c4ccc(OCCCCOC(=O)C=C)cc4)c(OC)c3)cc2OC)cc1. The van der Waals surface area contributed by atoms with Crippen LogP contribution in [0.1, 0.15) is 71.4 Å². The number of nitrogens with zero attached hydrogens (tertiary/aromatic N) is 2. The lowest BCUT2D eigenvalue weighted by Crippen LogP contribution is -2.10. The van der Waals surface area contributed by atoms with Crippen molar-refractivity contribution in [3.63, 3.8) is 0 Å². The standard InChI is InChI=1S/C46H48N2O12/c1-7-43(49)57-27-11-9-25-55-37-19-13-33(14-20-37)45(51)59-39-23-17-35(29-41(39)53-5)31(3)47-48-32(4)36-18-24-40(42(30-36)54-6)60-46(52)34-15-21-38(22-16-34)56-26-10-12-28-58-44(50)8-2/h7-8,13-24,29-30H,1-2,9-12,25-28H2,3-6H3/b47-31+,48-32+. The van der Waals surface area contributed by atoms with Crippen LogP contribution in [0.4, 0.5) is 0 Å². The lowest BCUT2D eigenvalue weighted by Gasteiger charge is -2.12. The number of hydrogen-bond acceptors (Lipinski definition) is 14. The van der Waals surface area contributed by atoms with Gasteiger partial charge in [-0.05, 0) is 124 Å². The Bertz CT molecular complexity index is 2020. The predicted octanol–water partition coefficient (Wildman–Crippen LogP) is 8.15. The summed E-state index contributed by atoms with van der Waals surface area (Å²) in [5.74, 6) is 0.215. The zero-order valence-corrected chi connectivity index (χ0v) is 34.1. The number of carbonyl (C=O) groups excluding carboxylic acids is 4. The first kappa shape index (κ1) is 45.5. The molecule has 14 nitrogen and oxygen atoms in total. The number of benzene rings is 4. The highest BCUT2D eigenvalue weighted by Crippen LogP contribution is 2.31. The Balaban J connectivity index is 1.30. The highest BCUT2D eigenvalue weighted by molar-refractivity contribution is 6.02. The molecule has 0 radical (unpaired) electrons. The molecule has 0 saturated carbocycles. The van der Waals surface area contributed by atoms with Crippen molar-refractivity contribution in [2.45, 2.75) is 39.5 Å². The average Bonchev–Trinajstić information content (AvgIpc) is 3.27. The van der Waals surface area contributed by atoms with E-state index in [-0.39, 0.29) is 24.7 Å². The maximum absolute atomic E-state index is 12.9. The number of methoxy groups -OCH3 is 2. The maximum Gasteiger partial charge on any atom is 0.343 e. The molecule has 0 spiro atoms. The first-order valence-corrected chi connectivity index (χ1v) is 19.0. The van der Waals surface area contributed by atoms with E-state index >= 15 is 0 Å². The summed E-state index contributed by atoms with van der Waals surface area (Å²) < 4.78 is 43.6. The Hall–Kier alpha value is -7.22. The third-order valence-corrected chi connectivity index (χ3v) is 8.53. The monoisotopic (exact) mass is 820 g/mol. The maximum atomic E-state index is 12.9. The van der Waals surface area contributed by atoms with Gasteiger partial charge in [-0.3, -0.25) is 0 Å². The van der Waals surface area contributed by atoms with Crippen LogP contribution in [-0.4, -0.2) is 75.9 Å². The van der Waals surface area contributed by atoms with Crippen molar-refractivity contribution in [3.05, 3.63) is 132 Å². The third-order valence-electron chi connectivity index (χ3n) is 8.53. The van der Waals surface area contributed by atoms with E-state index in [1.165, 1.54) is 14.2 Å². The quantitative estimate of drug-likeness (QED) is 0.0176. The minimum absolute atomic E-state index is 0.226. The predicted molar refractivity (Wildman–Crippen MR) is 225 cm³/mol. The van der Waals surface area contributed by atoms with Gasteiger partial charge < -0.3 is 37.9 Å². The summed E-state index contributed by atoms with van der Waals surface area (Å²) in [6.07, 6.45) is 4.91. The van der Waals surface area contributed by atoms with E-state index in [4.69, 9.17) is 37.9 Å². The number of unbranched alkanes of at least 4 members (excludes halogenated alkanes) is 2. The average molecular weight is 821 g/mol. The van der Waals surface area contributed by atoms with E-state index in [2.05, 4.69) is 23.4 Å². The Morgan fingerprint density at radius 3 is 1.20 bits per heavy atom. The van der Waals surface area contributed by atoms with E-state index in [0.29, 0.717) is 95.6 Å². The molecule has 0 aliphatic rings. The fourth-order valence-corrected chi connectivity index (χ4v) is 5.16. The molecule has 60 heavy (non-hydrogen) atoms. The summed E-state index contributed by atoms with van der Waals surface area (Å²) in [6, 6.07) is 23.2. The van der Waals surface area contributed by atoms with Gasteiger partial charge in [0.05, 0.1) is 63.2 Å². The molecule has 4 rings (SSSR count). The van der Waals surface area contributed by atoms with Gasteiger partial charge in [-0.2, -0.15) is 10.2 Å². The molecule has 4 aromatic rings. The first-order chi connectivity index (χ1) is 29.0. The van der Waals surface area contributed by atoms with Crippen molar-refractivity contribution in [3.8, 4) is 34.5 Å². The molecule has 0 atom stereocenters. The molecule has 0 fully saturated rings. The van der Waals surface area contributed by atoms with E-state index in [1.54, 1.807) is 98.8 Å². The van der Waals surface area contributed by atoms with Crippen LogP contribution in [0.2, 0.25) is 0 Å². The van der Waals surface area contributed by atoms with Crippen molar-refractivity contribution in [1.29, 1.82) is 0 Å². The Labute approximate surface area is 349 Å². The number of hydrogen-bond donors (Lipinski definition) is 0. The van der Waals surface area contributed by atoms with Crippen molar-refractivity contribution in [2.75, 3.05) is 40.6 Å². The summed E-state index contributed by atoms with van der Waals surface area (Å²) >= 11 is 0. The molecule has 14 heteroatoms. The Morgan fingerprint density at radius 1 is 0.500 bits per heavy atom. The van der Waals surface area contributed by atoms with Crippen LogP contribution in [0, 0.1) is 0 Å². The molecule has 0 aromatic heterocycles. The first-order valence-electron chi connectivity index (χ1n) is 19.0. The van der Waals surface area contributed by atoms with E-state index < -0.39 is 23.9 Å². The molecular weight excluding hydrogens is 773 g/mol. The number of ether oxygens (including phenoxy) is 8. The fourth-order valence-electron chi connectivity index (χ4n) is 5.16. The third kappa shape index (κ3) is 14.3. The smallest absolute Gasteiger partial charge is 0.343 e. The Kier molecular flexibility index (Phi) is 18.1. The molecule has 0 saturated heterocycles. The second-order valence-electron chi connectivity index (χ2n) is 12.8. The molecule has 0 heterocycles. The fraction of sp³-hybridized carbons (Fsp3) is 0.261. The molecular formula is C46H48N2O12. The van der Waals surface area contributed by atoms with Gasteiger partial charge in [-0.15, -0.1) is 0 Å². The van der Waals surface area contributed by atoms with Gasteiger partial charge in [-0.25, -0.2) is 19.2 Å². The van der Waals surface area contributed by atoms with Gasteiger partial charge >= 0.3 is 23.9 Å². The summed E-state index contributed by atoms with van der Waals surface area (Å²) in [7, 11) is 2.94. The minimum Gasteiger partial charge on any atom is -0.494 e. The minimum atomic E-state index is -0.575. The van der Waals surface area contributed by atoms with Crippen LogP contribution in [0.25, 0.3) is 0 Å². The van der Waals surface area contributed by atoms with E-state index in [1.807, 2.05) is 0 Å². The summed E-state index contributed by atoms with van der Waals surface area (Å²) in [6.45, 7) is 11.7. The molecule has 0 bridgehead atoms. The topological polar surface area (TPSA) is 167 Å². The largest absolute Gasteiger partial charge is 0.494 e. The molecule has 0 aliphatic heterocycles. The highest BCUT2D eigenvalue weighted by atomic mass is 16.6. The van der Waals surface area contributed by atoms with E-state index in [0.717, 1.165) is 12.2 Å². The number of carbonyl (C=O) groups is 4. The second-order valence-corrected chi connectivity index (χ2v) is 12.8. The van der Waals surface area contributed by atoms with Crippen LogP contribution in [0.5, 0.6) is 34.5 Å². The van der Waals surface area contributed by atoms with Crippen LogP contribution >= 0.6 is 0 Å².